The van der Waals surface area contributed by atoms with Gasteiger partial charge in [0, 0.05) is 17.8 Å². The molecule has 0 aliphatic rings. The van der Waals surface area contributed by atoms with Gasteiger partial charge in [-0.15, -0.1) is 11.3 Å². The van der Waals surface area contributed by atoms with Gasteiger partial charge < -0.3 is 5.32 Å². The van der Waals surface area contributed by atoms with Gasteiger partial charge in [-0.05, 0) is 29.6 Å². The summed E-state index contributed by atoms with van der Waals surface area (Å²) in [5.74, 6) is 0. The van der Waals surface area contributed by atoms with E-state index in [2.05, 4.69) is 10.0 Å². The molecule has 0 unspecified atom stereocenters. The van der Waals surface area contributed by atoms with Crippen molar-refractivity contribution in [1.29, 1.82) is 0 Å². The number of hydrogen-bond acceptors (Lipinski definition) is 6. The van der Waals surface area contributed by atoms with Gasteiger partial charge >= 0.3 is 0 Å². The molecule has 1 aromatic heterocycles. The van der Waals surface area contributed by atoms with Crippen molar-refractivity contribution in [2.24, 2.45) is 0 Å². The topological polar surface area (TPSA) is 101 Å². The molecule has 0 spiro atoms. The summed E-state index contributed by atoms with van der Waals surface area (Å²) in [5, 5.41) is 15.7. The van der Waals surface area contributed by atoms with Crippen LogP contribution >= 0.6 is 11.3 Å². The van der Waals surface area contributed by atoms with Crippen LogP contribution in [0.15, 0.2) is 70.3 Å². The van der Waals surface area contributed by atoms with Crippen molar-refractivity contribution in [3.63, 3.8) is 0 Å². The number of rotatable bonds is 6. The van der Waals surface area contributed by atoms with Crippen LogP contribution in [-0.2, 0) is 10.0 Å². The maximum absolute atomic E-state index is 12.5. The van der Waals surface area contributed by atoms with Crippen LogP contribution in [0.1, 0.15) is 0 Å². The van der Waals surface area contributed by atoms with Gasteiger partial charge in [0.15, 0.2) is 0 Å². The van der Waals surface area contributed by atoms with Gasteiger partial charge in [-0.2, -0.15) is 0 Å². The molecular formula is C16H13N3O4S2. The molecule has 128 valence electrons. The summed E-state index contributed by atoms with van der Waals surface area (Å²) in [6, 6.07) is 16.2. The summed E-state index contributed by atoms with van der Waals surface area (Å²) in [6.07, 6.45) is 0. The Morgan fingerprint density at radius 2 is 1.72 bits per heavy atom. The first kappa shape index (κ1) is 16.9. The molecule has 0 radical (unpaired) electrons. The van der Waals surface area contributed by atoms with Crippen LogP contribution in [0.3, 0.4) is 0 Å². The first-order valence-electron chi connectivity index (χ1n) is 7.12. The molecule has 0 saturated carbocycles. The second-order valence-corrected chi connectivity index (χ2v) is 7.87. The quantitative estimate of drug-likeness (QED) is 0.497. The van der Waals surface area contributed by atoms with Crippen molar-refractivity contribution in [3.8, 4) is 0 Å². The summed E-state index contributed by atoms with van der Waals surface area (Å²) >= 11 is 1.06. The lowest BCUT2D eigenvalue weighted by Gasteiger charge is -2.13. The molecule has 0 bridgehead atoms. The summed E-state index contributed by atoms with van der Waals surface area (Å²) in [7, 11) is -3.82. The number of benzene rings is 2. The Labute approximate surface area is 148 Å². The van der Waals surface area contributed by atoms with Gasteiger partial charge in [-0.25, -0.2) is 8.42 Å². The average Bonchev–Trinajstić information content (AvgIpc) is 3.12. The van der Waals surface area contributed by atoms with Crippen molar-refractivity contribution < 1.29 is 13.3 Å². The number of non-ortho nitro benzene ring substituents is 1. The number of sulfonamides is 1. The molecule has 0 aliphatic carbocycles. The molecule has 0 aliphatic heterocycles. The van der Waals surface area contributed by atoms with Crippen LogP contribution in [0.5, 0.6) is 0 Å². The fourth-order valence-electron chi connectivity index (χ4n) is 2.13. The Balaban J connectivity index is 2.00. The van der Waals surface area contributed by atoms with E-state index in [1.807, 2.05) is 18.2 Å². The second kappa shape index (κ2) is 6.91. The number of anilines is 3. The zero-order valence-electron chi connectivity index (χ0n) is 12.7. The fourth-order valence-corrected chi connectivity index (χ4v) is 4.19. The van der Waals surface area contributed by atoms with Crippen LogP contribution in [0.4, 0.5) is 22.7 Å². The highest BCUT2D eigenvalue weighted by molar-refractivity contribution is 7.94. The molecule has 2 aromatic carbocycles. The fraction of sp³-hybridized carbons (Fsp3) is 0. The molecule has 1 heterocycles. The highest BCUT2D eigenvalue weighted by Crippen LogP contribution is 2.32. The molecule has 3 aromatic rings. The van der Waals surface area contributed by atoms with E-state index in [1.165, 1.54) is 24.3 Å². The smallest absolute Gasteiger partial charge is 0.271 e. The van der Waals surface area contributed by atoms with E-state index in [9.17, 15) is 18.5 Å². The van der Waals surface area contributed by atoms with Crippen molar-refractivity contribution >= 4 is 44.1 Å². The van der Waals surface area contributed by atoms with Crippen LogP contribution < -0.4 is 10.0 Å². The number of nitro benzene ring substituents is 1. The predicted molar refractivity (Wildman–Crippen MR) is 97.9 cm³/mol. The Morgan fingerprint density at radius 3 is 2.36 bits per heavy atom. The Bertz CT molecular complexity index is 987. The molecule has 0 amide bonds. The van der Waals surface area contributed by atoms with E-state index in [4.69, 9.17) is 0 Å². The molecule has 7 nitrogen and oxygen atoms in total. The molecule has 9 heteroatoms. The molecule has 0 saturated heterocycles. The number of hydrogen-bond donors (Lipinski definition) is 2. The third-order valence-electron chi connectivity index (χ3n) is 3.27. The van der Waals surface area contributed by atoms with Crippen molar-refractivity contribution in [2.45, 2.75) is 4.21 Å². The van der Waals surface area contributed by atoms with Gasteiger partial charge in [0.2, 0.25) is 0 Å². The highest BCUT2D eigenvalue weighted by Gasteiger charge is 2.19. The summed E-state index contributed by atoms with van der Waals surface area (Å²) < 4.78 is 27.5. The molecule has 0 fully saturated rings. The maximum atomic E-state index is 12.5. The molecule has 2 N–H and O–H groups in total. The number of nitro groups is 1. The Kier molecular flexibility index (Phi) is 4.68. The zero-order chi connectivity index (χ0) is 17.9. The van der Waals surface area contributed by atoms with Crippen molar-refractivity contribution in [1.82, 2.24) is 0 Å². The van der Waals surface area contributed by atoms with Crippen molar-refractivity contribution in [3.05, 3.63) is 76.2 Å². The average molecular weight is 375 g/mol. The lowest BCUT2D eigenvalue weighted by Crippen LogP contribution is -2.13. The zero-order valence-corrected chi connectivity index (χ0v) is 14.4. The van der Waals surface area contributed by atoms with Crippen LogP contribution in [-0.4, -0.2) is 13.3 Å². The maximum Gasteiger partial charge on any atom is 0.271 e. The third-order valence-corrected chi connectivity index (χ3v) is 6.03. The molecule has 0 atom stereocenters. The van der Waals surface area contributed by atoms with E-state index in [-0.39, 0.29) is 15.6 Å². The van der Waals surface area contributed by atoms with Gasteiger partial charge in [-0.1, -0.05) is 24.3 Å². The number of nitrogens with one attached hydrogen (secondary N) is 2. The normalized spacial score (nSPS) is 11.0. The lowest BCUT2D eigenvalue weighted by atomic mass is 10.2. The van der Waals surface area contributed by atoms with Gasteiger partial charge in [0.05, 0.1) is 16.3 Å². The minimum Gasteiger partial charge on any atom is -0.354 e. The van der Waals surface area contributed by atoms with Gasteiger partial charge in [-0.3, -0.25) is 14.8 Å². The largest absolute Gasteiger partial charge is 0.354 e. The standard InChI is InChI=1S/C16H13N3O4S2/c20-19(21)13-8-9-14(17-12-5-2-1-3-6-12)15(11-13)18-25(22,23)16-7-4-10-24-16/h1-11,17-18H. The van der Waals surface area contributed by atoms with Crippen LogP contribution in [0.25, 0.3) is 0 Å². The second-order valence-electron chi connectivity index (χ2n) is 5.02. The van der Waals surface area contributed by atoms with Crippen molar-refractivity contribution in [2.75, 3.05) is 10.0 Å². The highest BCUT2D eigenvalue weighted by atomic mass is 32.2. The van der Waals surface area contributed by atoms with Gasteiger partial charge in [0.1, 0.15) is 4.21 Å². The third kappa shape index (κ3) is 3.95. The number of nitrogens with zero attached hydrogens (tertiary/aromatic N) is 1. The van der Waals surface area contributed by atoms with E-state index < -0.39 is 14.9 Å². The Morgan fingerprint density at radius 1 is 0.960 bits per heavy atom. The number of para-hydroxylation sites is 1. The minimum absolute atomic E-state index is 0.103. The minimum atomic E-state index is -3.82. The molecular weight excluding hydrogens is 362 g/mol. The van der Waals surface area contributed by atoms with Crippen LogP contribution in [0.2, 0.25) is 0 Å². The number of thiophene rings is 1. The molecule has 3 rings (SSSR count). The SMILES string of the molecule is O=[N+]([O-])c1ccc(Nc2ccccc2)c(NS(=O)(=O)c2cccs2)c1. The van der Waals surface area contributed by atoms with Gasteiger partial charge in [0.25, 0.3) is 15.7 Å². The first-order valence-corrected chi connectivity index (χ1v) is 9.49. The monoisotopic (exact) mass is 375 g/mol. The summed E-state index contributed by atoms with van der Waals surface area (Å²) in [6.45, 7) is 0. The molecule has 25 heavy (non-hydrogen) atoms. The lowest BCUT2D eigenvalue weighted by molar-refractivity contribution is -0.384. The van der Waals surface area contributed by atoms with E-state index in [1.54, 1.807) is 23.6 Å². The van der Waals surface area contributed by atoms with E-state index in [0.29, 0.717) is 5.69 Å². The van der Waals surface area contributed by atoms with Crippen LogP contribution in [0, 0.1) is 10.1 Å². The van der Waals surface area contributed by atoms with E-state index >= 15 is 0 Å². The summed E-state index contributed by atoms with van der Waals surface area (Å²) in [4.78, 5) is 10.5. The summed E-state index contributed by atoms with van der Waals surface area (Å²) in [5.41, 5.74) is 1.04. The van der Waals surface area contributed by atoms with E-state index in [0.717, 1.165) is 17.0 Å². The first-order chi connectivity index (χ1) is 12.0. The Hall–Kier alpha value is -2.91. The predicted octanol–water partition coefficient (Wildman–Crippen LogP) is 4.20.